The Morgan fingerprint density at radius 3 is 2.34 bits per heavy atom. The number of rotatable bonds is 4. The molecule has 3 aromatic rings. The molecule has 2 fully saturated rings. The van der Waals surface area contributed by atoms with Gasteiger partial charge < -0.3 is 14.9 Å². The standard InChI is InChI=1S/C26H27F2N5O2/c1-15-10-20(31-23(22(15)28)26(2,3)35)32-11-16-13-33(14-17(16)12-32)25(34)21-18(6-4-7-19(21)27)24-29-8-5-9-30-24/h4-10,16-17,35H,11-14H2,1-3H3. The number of likely N-dealkylation sites (tertiary alicyclic amines) is 1. The third-order valence-corrected chi connectivity index (χ3v) is 6.84. The van der Waals surface area contributed by atoms with Crippen molar-refractivity contribution in [2.24, 2.45) is 11.8 Å². The lowest BCUT2D eigenvalue weighted by molar-refractivity contribution is 0.0693. The van der Waals surface area contributed by atoms with Crippen molar-refractivity contribution in [3.05, 3.63) is 71.2 Å². The lowest BCUT2D eigenvalue weighted by Crippen LogP contribution is -2.34. The van der Waals surface area contributed by atoms with Crippen LogP contribution in [0, 0.1) is 30.4 Å². The minimum absolute atomic E-state index is 0.0128. The molecule has 1 aromatic carbocycles. The van der Waals surface area contributed by atoms with E-state index in [9.17, 15) is 18.7 Å². The summed E-state index contributed by atoms with van der Waals surface area (Å²) in [5.41, 5.74) is -0.586. The number of aryl methyl sites for hydroxylation is 1. The number of aliphatic hydroxyl groups is 1. The van der Waals surface area contributed by atoms with Crippen molar-refractivity contribution >= 4 is 11.7 Å². The van der Waals surface area contributed by atoms with E-state index in [1.54, 1.807) is 48.5 Å². The van der Waals surface area contributed by atoms with Crippen LogP contribution >= 0.6 is 0 Å². The maximum Gasteiger partial charge on any atom is 0.257 e. The molecule has 1 amide bonds. The van der Waals surface area contributed by atoms with Crippen LogP contribution in [0.5, 0.6) is 0 Å². The second-order valence-corrected chi connectivity index (χ2v) is 9.89. The SMILES string of the molecule is Cc1cc(N2CC3CN(C(=O)c4c(F)cccc4-c4ncccn4)CC3C2)nc(C(C)(C)O)c1F. The number of halogens is 2. The first-order chi connectivity index (χ1) is 16.6. The Morgan fingerprint density at radius 1 is 1.06 bits per heavy atom. The molecule has 4 heterocycles. The van der Waals surface area contributed by atoms with Gasteiger partial charge >= 0.3 is 0 Å². The zero-order chi connectivity index (χ0) is 24.9. The molecule has 0 radical (unpaired) electrons. The summed E-state index contributed by atoms with van der Waals surface area (Å²) >= 11 is 0. The highest BCUT2D eigenvalue weighted by Crippen LogP contribution is 2.36. The van der Waals surface area contributed by atoms with Gasteiger partial charge in [-0.05, 0) is 44.5 Å². The largest absolute Gasteiger partial charge is 0.384 e. The van der Waals surface area contributed by atoms with Gasteiger partial charge in [0.05, 0.1) is 5.56 Å². The molecule has 0 saturated carbocycles. The quantitative estimate of drug-likeness (QED) is 0.616. The van der Waals surface area contributed by atoms with E-state index in [1.165, 1.54) is 19.9 Å². The van der Waals surface area contributed by atoms with Gasteiger partial charge in [-0.1, -0.05) is 12.1 Å². The van der Waals surface area contributed by atoms with Gasteiger partial charge in [0.25, 0.3) is 5.91 Å². The molecule has 2 atom stereocenters. The fourth-order valence-corrected chi connectivity index (χ4v) is 5.08. The van der Waals surface area contributed by atoms with Gasteiger partial charge in [0.2, 0.25) is 0 Å². The van der Waals surface area contributed by atoms with Crippen molar-refractivity contribution in [1.29, 1.82) is 0 Å². The highest BCUT2D eigenvalue weighted by molar-refractivity contribution is 6.00. The van der Waals surface area contributed by atoms with E-state index in [1.807, 2.05) is 0 Å². The second-order valence-electron chi connectivity index (χ2n) is 9.89. The third kappa shape index (κ3) is 4.25. The van der Waals surface area contributed by atoms with Gasteiger partial charge in [-0.25, -0.2) is 23.7 Å². The number of amides is 1. The van der Waals surface area contributed by atoms with Gasteiger partial charge in [-0.2, -0.15) is 0 Å². The average Bonchev–Trinajstić information content (AvgIpc) is 3.39. The zero-order valence-electron chi connectivity index (χ0n) is 19.9. The molecule has 182 valence electrons. The molecule has 2 saturated heterocycles. The van der Waals surface area contributed by atoms with Crippen LogP contribution in [0.3, 0.4) is 0 Å². The maximum absolute atomic E-state index is 14.8. The number of hydrogen-bond donors (Lipinski definition) is 1. The average molecular weight is 480 g/mol. The minimum Gasteiger partial charge on any atom is -0.384 e. The first kappa shape index (κ1) is 23.3. The number of nitrogens with zero attached hydrogens (tertiary/aromatic N) is 5. The number of carbonyl (C=O) groups excluding carboxylic acids is 1. The molecule has 2 unspecified atom stereocenters. The summed E-state index contributed by atoms with van der Waals surface area (Å²) in [6, 6.07) is 7.85. The first-order valence-electron chi connectivity index (χ1n) is 11.6. The number of carbonyl (C=O) groups is 1. The van der Waals surface area contributed by atoms with Gasteiger partial charge in [0.1, 0.15) is 22.9 Å². The molecule has 1 N–H and O–H groups in total. The van der Waals surface area contributed by atoms with Gasteiger partial charge in [-0.3, -0.25) is 4.79 Å². The van der Waals surface area contributed by atoms with E-state index in [0.717, 1.165) is 0 Å². The smallest absolute Gasteiger partial charge is 0.257 e. The molecule has 0 bridgehead atoms. The van der Waals surface area contributed by atoms with Gasteiger partial charge in [0.15, 0.2) is 11.6 Å². The zero-order valence-corrected chi connectivity index (χ0v) is 19.9. The van der Waals surface area contributed by atoms with Gasteiger partial charge in [0, 0.05) is 56.0 Å². The number of benzene rings is 1. The van der Waals surface area contributed by atoms with Crippen molar-refractivity contribution in [2.45, 2.75) is 26.4 Å². The van der Waals surface area contributed by atoms with Crippen molar-refractivity contribution in [3.8, 4) is 11.4 Å². The Balaban J connectivity index is 1.35. The number of fused-ring (bicyclic) bond motifs is 1. The molecule has 2 aliphatic rings. The van der Waals surface area contributed by atoms with Crippen molar-refractivity contribution in [3.63, 3.8) is 0 Å². The summed E-state index contributed by atoms with van der Waals surface area (Å²) in [7, 11) is 0. The topological polar surface area (TPSA) is 82.5 Å². The second kappa shape index (κ2) is 8.64. The van der Waals surface area contributed by atoms with E-state index >= 15 is 0 Å². The molecule has 7 nitrogen and oxygen atoms in total. The Bertz CT molecular complexity index is 1260. The predicted octanol–water partition coefficient (Wildman–Crippen LogP) is 3.56. The van der Waals surface area contributed by atoms with Crippen LogP contribution in [0.15, 0.2) is 42.7 Å². The lowest BCUT2D eigenvalue weighted by Gasteiger charge is -2.26. The number of anilines is 1. The molecule has 35 heavy (non-hydrogen) atoms. The Labute approximate surface area is 202 Å². The van der Waals surface area contributed by atoms with Crippen LogP contribution in [0.2, 0.25) is 0 Å². The fraction of sp³-hybridized carbons (Fsp3) is 0.385. The lowest BCUT2D eigenvalue weighted by atomic mass is 10.0. The number of pyridine rings is 1. The minimum atomic E-state index is -1.40. The van der Waals surface area contributed by atoms with Crippen LogP contribution in [-0.2, 0) is 5.60 Å². The Hall–Kier alpha value is -3.46. The highest BCUT2D eigenvalue weighted by Gasteiger charge is 2.43. The number of aromatic nitrogens is 3. The molecule has 0 spiro atoms. The van der Waals surface area contributed by atoms with Crippen LogP contribution < -0.4 is 4.90 Å². The number of hydrogen-bond acceptors (Lipinski definition) is 6. The summed E-state index contributed by atoms with van der Waals surface area (Å²) < 4.78 is 29.4. The molecule has 2 aliphatic heterocycles. The van der Waals surface area contributed by atoms with E-state index in [-0.39, 0.29) is 29.0 Å². The van der Waals surface area contributed by atoms with Crippen LogP contribution in [-0.4, -0.2) is 57.0 Å². The summed E-state index contributed by atoms with van der Waals surface area (Å²) in [5, 5.41) is 10.3. The predicted molar refractivity (Wildman–Crippen MR) is 127 cm³/mol. The summed E-state index contributed by atoms with van der Waals surface area (Å²) in [4.78, 5) is 30.0. The van der Waals surface area contributed by atoms with Gasteiger partial charge in [-0.15, -0.1) is 0 Å². The monoisotopic (exact) mass is 479 g/mol. The fourth-order valence-electron chi connectivity index (χ4n) is 5.08. The summed E-state index contributed by atoms with van der Waals surface area (Å²) in [6.45, 7) is 6.95. The molecule has 5 rings (SSSR count). The Kier molecular flexibility index (Phi) is 5.75. The molecule has 2 aromatic heterocycles. The molecule has 9 heteroatoms. The van der Waals surface area contributed by atoms with E-state index in [2.05, 4.69) is 19.9 Å². The normalized spacial score (nSPS) is 19.8. The van der Waals surface area contributed by atoms with E-state index in [4.69, 9.17) is 0 Å². The molecular formula is C26H27F2N5O2. The van der Waals surface area contributed by atoms with Crippen LogP contribution in [0.1, 0.15) is 35.5 Å². The maximum atomic E-state index is 14.8. The van der Waals surface area contributed by atoms with Crippen LogP contribution in [0.4, 0.5) is 14.6 Å². The third-order valence-electron chi connectivity index (χ3n) is 6.84. The molecule has 0 aliphatic carbocycles. The van der Waals surface area contributed by atoms with Crippen LogP contribution in [0.25, 0.3) is 11.4 Å². The van der Waals surface area contributed by atoms with Crippen molar-refractivity contribution < 1.29 is 18.7 Å². The Morgan fingerprint density at radius 2 is 1.71 bits per heavy atom. The van der Waals surface area contributed by atoms with E-state index < -0.39 is 17.2 Å². The van der Waals surface area contributed by atoms with E-state index in [0.29, 0.717) is 48.9 Å². The van der Waals surface area contributed by atoms with Crippen molar-refractivity contribution in [1.82, 2.24) is 19.9 Å². The molecular weight excluding hydrogens is 452 g/mol. The highest BCUT2D eigenvalue weighted by atomic mass is 19.1. The first-order valence-corrected chi connectivity index (χ1v) is 11.6. The summed E-state index contributed by atoms with van der Waals surface area (Å²) in [5.74, 6) is -0.178. The summed E-state index contributed by atoms with van der Waals surface area (Å²) in [6.07, 6.45) is 3.12. The van der Waals surface area contributed by atoms with Crippen molar-refractivity contribution in [2.75, 3.05) is 31.1 Å².